The number of likely N-dealkylation sites (N-methyl/N-ethyl adjacent to an activating group) is 1. The first-order valence-corrected chi connectivity index (χ1v) is 19.4. The third-order valence-corrected chi connectivity index (χ3v) is 12.9. The van der Waals surface area contributed by atoms with Crippen LogP contribution in [-0.2, 0) is 0 Å². The van der Waals surface area contributed by atoms with Crippen molar-refractivity contribution in [2.45, 2.75) is 37.4 Å². The molecular weight excluding hydrogens is 688 g/mol. The Labute approximate surface area is 310 Å². The van der Waals surface area contributed by atoms with Gasteiger partial charge in [-0.25, -0.2) is 19.3 Å². The van der Waals surface area contributed by atoms with Gasteiger partial charge in [-0.05, 0) is 73.5 Å². The van der Waals surface area contributed by atoms with Crippen LogP contribution >= 0.6 is 11.3 Å². The molecule has 11 nitrogen and oxygen atoms in total. The second-order valence-corrected chi connectivity index (χ2v) is 16.2. The fourth-order valence-corrected chi connectivity index (χ4v) is 9.85. The van der Waals surface area contributed by atoms with Crippen LogP contribution < -0.4 is 20.4 Å². The smallest absolute Gasteiger partial charge is 0.186 e. The fraction of sp³-hybridized carbons (Fsp3) is 0.400. The molecule has 3 aromatic carbocycles. The molecule has 270 valence electrons. The Morgan fingerprint density at radius 1 is 1.04 bits per heavy atom. The van der Waals surface area contributed by atoms with Gasteiger partial charge < -0.3 is 35.0 Å². The van der Waals surface area contributed by atoms with Gasteiger partial charge in [0.05, 0.1) is 23.5 Å². The Morgan fingerprint density at radius 3 is 2.58 bits per heavy atom. The number of phenols is 1. The van der Waals surface area contributed by atoms with Crippen molar-refractivity contribution >= 4 is 55.0 Å². The second kappa shape index (κ2) is 12.3. The van der Waals surface area contributed by atoms with Crippen LogP contribution in [0.3, 0.4) is 0 Å². The molecule has 3 aromatic heterocycles. The van der Waals surface area contributed by atoms with Gasteiger partial charge >= 0.3 is 0 Å². The second-order valence-electron chi connectivity index (χ2n) is 15.3. The van der Waals surface area contributed by atoms with Gasteiger partial charge in [0, 0.05) is 74.2 Å². The summed E-state index contributed by atoms with van der Waals surface area (Å²) in [6.07, 6.45) is 1.08. The summed E-state index contributed by atoms with van der Waals surface area (Å²) in [7, 11) is 4.17. The van der Waals surface area contributed by atoms with E-state index in [1.807, 2.05) is 30.3 Å². The number of thiazole rings is 1. The normalized spacial score (nSPS) is 22.2. The van der Waals surface area contributed by atoms with E-state index >= 15 is 4.39 Å². The zero-order valence-electron chi connectivity index (χ0n) is 30.0. The molecule has 4 saturated heterocycles. The van der Waals surface area contributed by atoms with Crippen LogP contribution in [0, 0.1) is 23.1 Å². The molecule has 5 fully saturated rings. The van der Waals surface area contributed by atoms with E-state index in [2.05, 4.69) is 55.4 Å². The van der Waals surface area contributed by atoms with Crippen LogP contribution in [0.2, 0.25) is 0 Å². The number of imidazole rings is 1. The minimum atomic E-state index is -0.645. The third-order valence-electron chi connectivity index (χ3n) is 12.0. The SMILES string of the molecule is CC(C#N)c1cc2c(nc(N3CC(N(C)C)C3)c3nc(-c4csc(N5CCNCC5)n4)n(C4C5CNC4C5)c32)c(F)c1-c1cc(O)cc2ccccc12. The molecule has 11 rings (SSSR count). The zero-order valence-corrected chi connectivity index (χ0v) is 30.8. The number of hydrogen-bond donors (Lipinski definition) is 3. The predicted octanol–water partition coefficient (Wildman–Crippen LogP) is 5.69. The predicted molar refractivity (Wildman–Crippen MR) is 208 cm³/mol. The average Bonchev–Trinajstić information content (AvgIpc) is 3.96. The number of halogens is 1. The van der Waals surface area contributed by atoms with E-state index in [0.717, 1.165) is 90.7 Å². The van der Waals surface area contributed by atoms with Gasteiger partial charge in [0.2, 0.25) is 0 Å². The van der Waals surface area contributed by atoms with Crippen molar-refractivity contribution < 1.29 is 9.50 Å². The van der Waals surface area contributed by atoms with Gasteiger partial charge in [-0.1, -0.05) is 24.3 Å². The number of nitrogens with zero attached hydrogens (tertiary/aromatic N) is 8. The molecule has 0 amide bonds. The minimum absolute atomic E-state index is 0.0345. The van der Waals surface area contributed by atoms with Crippen LogP contribution in [0.15, 0.2) is 47.8 Å². The molecule has 13 heteroatoms. The lowest BCUT2D eigenvalue weighted by Crippen LogP contribution is -2.57. The molecule has 5 aliphatic rings. The molecular formula is C40H41FN10OS. The van der Waals surface area contributed by atoms with Crippen molar-refractivity contribution in [1.29, 1.82) is 5.26 Å². The maximum atomic E-state index is 17.9. The van der Waals surface area contributed by atoms with Gasteiger partial charge in [-0.3, -0.25) is 0 Å². The van der Waals surface area contributed by atoms with Crippen LogP contribution in [0.5, 0.6) is 5.75 Å². The number of rotatable bonds is 7. The highest BCUT2D eigenvalue weighted by molar-refractivity contribution is 7.14. The van der Waals surface area contributed by atoms with Gasteiger partial charge in [-0.15, -0.1) is 11.3 Å². The lowest BCUT2D eigenvalue weighted by Gasteiger charge is -2.43. The molecule has 7 heterocycles. The zero-order chi connectivity index (χ0) is 36.1. The number of aromatic nitrogens is 4. The Morgan fingerprint density at radius 2 is 1.85 bits per heavy atom. The maximum absolute atomic E-state index is 17.9. The first-order chi connectivity index (χ1) is 25.8. The van der Waals surface area contributed by atoms with Crippen LogP contribution in [0.4, 0.5) is 15.3 Å². The van der Waals surface area contributed by atoms with Crippen molar-refractivity contribution in [1.82, 2.24) is 35.1 Å². The number of phenolic OH excluding ortho intramolecular Hbond substituents is 1. The standard InChI is InChI=1S/C40H41FN10OS/c1-21(16-42)27-15-29-34(33(41)32(27)28-14-25(52)12-22-6-4-5-7-26(22)28)46-39(50-18-24(19-50)48(2)3)35-37(29)51(36-23-13-30(36)44-17-23)38(47-35)31-20-53-40(45-31)49-10-8-43-9-11-49/h4-7,12,14-15,20-21,23-24,30,36,43-44,52H,8-11,13,17-19H2,1-3H3. The van der Waals surface area contributed by atoms with E-state index in [1.165, 1.54) is 0 Å². The third kappa shape index (κ3) is 5.03. The molecule has 3 N–H and O–H groups in total. The van der Waals surface area contributed by atoms with Gasteiger partial charge in [0.15, 0.2) is 22.6 Å². The van der Waals surface area contributed by atoms with E-state index in [4.69, 9.17) is 15.0 Å². The maximum Gasteiger partial charge on any atom is 0.186 e. The number of piperazine rings is 1. The highest BCUT2D eigenvalue weighted by Crippen LogP contribution is 2.51. The number of anilines is 2. The quantitative estimate of drug-likeness (QED) is 0.189. The number of nitrogens with one attached hydrogen (secondary N) is 2. The Bertz CT molecular complexity index is 2460. The highest BCUT2D eigenvalue weighted by atomic mass is 32.1. The van der Waals surface area contributed by atoms with Crippen molar-refractivity contribution in [2.75, 3.05) is 69.7 Å². The molecule has 4 aliphatic heterocycles. The van der Waals surface area contributed by atoms with E-state index in [1.54, 1.807) is 30.4 Å². The average molecular weight is 729 g/mol. The molecule has 4 unspecified atom stereocenters. The monoisotopic (exact) mass is 728 g/mol. The van der Waals surface area contributed by atoms with E-state index in [9.17, 15) is 10.4 Å². The van der Waals surface area contributed by atoms with Gasteiger partial charge in [0.25, 0.3) is 0 Å². The number of nitriles is 1. The van der Waals surface area contributed by atoms with Crippen LogP contribution in [-0.4, -0.2) is 102 Å². The summed E-state index contributed by atoms with van der Waals surface area (Å²) in [5.74, 6) is 0.744. The molecule has 4 atom stereocenters. The fourth-order valence-electron chi connectivity index (χ4n) is 8.99. The Hall–Kier alpha value is -4.87. The van der Waals surface area contributed by atoms with Crippen LogP contribution in [0.25, 0.3) is 55.4 Å². The van der Waals surface area contributed by atoms with Crippen LogP contribution in [0.1, 0.15) is 30.9 Å². The summed E-state index contributed by atoms with van der Waals surface area (Å²) in [4.78, 5) is 22.6. The number of pyridine rings is 1. The van der Waals surface area contributed by atoms with Crippen molar-refractivity contribution in [2.24, 2.45) is 5.92 Å². The number of aromatic hydroxyl groups is 1. The molecule has 0 radical (unpaired) electrons. The lowest BCUT2D eigenvalue weighted by molar-refractivity contribution is 0.227. The summed E-state index contributed by atoms with van der Waals surface area (Å²) in [6, 6.07) is 16.0. The molecule has 1 aliphatic carbocycles. The summed E-state index contributed by atoms with van der Waals surface area (Å²) in [5.41, 5.74) is 4.01. The van der Waals surface area contributed by atoms with E-state index in [-0.39, 0.29) is 23.3 Å². The summed E-state index contributed by atoms with van der Waals surface area (Å²) >= 11 is 1.64. The first kappa shape index (κ1) is 32.8. The molecule has 1 saturated carbocycles. The molecule has 2 bridgehead atoms. The largest absolute Gasteiger partial charge is 0.508 e. The molecule has 53 heavy (non-hydrogen) atoms. The van der Waals surface area contributed by atoms with E-state index in [0.29, 0.717) is 39.9 Å². The summed E-state index contributed by atoms with van der Waals surface area (Å²) in [6.45, 7) is 7.87. The lowest BCUT2D eigenvalue weighted by atomic mass is 9.79. The van der Waals surface area contributed by atoms with Crippen molar-refractivity contribution in [3.63, 3.8) is 0 Å². The number of benzene rings is 3. The first-order valence-electron chi connectivity index (χ1n) is 18.5. The number of fused-ring (bicyclic) bond motifs is 5. The Balaban J connectivity index is 1.28. The number of hydrogen-bond acceptors (Lipinski definition) is 11. The molecule has 6 aromatic rings. The minimum Gasteiger partial charge on any atom is -0.508 e. The highest BCUT2D eigenvalue weighted by Gasteiger charge is 2.50. The van der Waals surface area contributed by atoms with Crippen molar-refractivity contribution in [3.8, 4) is 34.5 Å². The molecule has 0 spiro atoms. The van der Waals surface area contributed by atoms with Gasteiger partial charge in [0.1, 0.15) is 22.5 Å². The Kier molecular flexibility index (Phi) is 7.63. The van der Waals surface area contributed by atoms with Crippen molar-refractivity contribution in [3.05, 3.63) is 59.2 Å². The summed E-state index contributed by atoms with van der Waals surface area (Å²) in [5, 5.41) is 33.7. The van der Waals surface area contributed by atoms with Gasteiger partial charge in [-0.2, -0.15) is 5.26 Å². The topological polar surface area (TPSA) is 121 Å². The summed E-state index contributed by atoms with van der Waals surface area (Å²) < 4.78 is 20.2. The van der Waals surface area contributed by atoms with E-state index < -0.39 is 11.7 Å².